The predicted octanol–water partition coefficient (Wildman–Crippen LogP) is 0.866. The third-order valence-electron chi connectivity index (χ3n) is 3.44. The molecular formula is C13H17N5O. The molecule has 0 aromatic carbocycles. The zero-order chi connectivity index (χ0) is 13.2. The number of hydrogen-bond donors (Lipinski definition) is 1. The number of hydrogen-bond acceptors (Lipinski definition) is 4. The number of nitrogens with zero attached hydrogens (tertiary/aromatic N) is 4. The van der Waals surface area contributed by atoms with Crippen LogP contribution in [0.3, 0.4) is 0 Å². The molecule has 2 aromatic heterocycles. The Balaban J connectivity index is 1.86. The third kappa shape index (κ3) is 2.25. The van der Waals surface area contributed by atoms with Gasteiger partial charge in [-0.3, -0.25) is 4.57 Å². The monoisotopic (exact) mass is 259 g/mol. The van der Waals surface area contributed by atoms with Gasteiger partial charge in [-0.15, -0.1) is 0 Å². The van der Waals surface area contributed by atoms with Crippen LogP contribution < -0.4 is 11.0 Å². The molecule has 0 aliphatic carbocycles. The molecule has 1 N–H and O–H groups in total. The van der Waals surface area contributed by atoms with Gasteiger partial charge in [-0.25, -0.2) is 14.5 Å². The van der Waals surface area contributed by atoms with E-state index in [0.29, 0.717) is 6.54 Å². The molecule has 3 heterocycles. The fraction of sp³-hybridized carbons (Fsp3) is 0.462. The van der Waals surface area contributed by atoms with Crippen molar-refractivity contribution in [1.82, 2.24) is 19.3 Å². The van der Waals surface area contributed by atoms with Crippen molar-refractivity contribution in [3.05, 3.63) is 40.2 Å². The van der Waals surface area contributed by atoms with Gasteiger partial charge in [0.2, 0.25) is 0 Å². The summed E-state index contributed by atoms with van der Waals surface area (Å²) in [4.78, 5) is 16.4. The molecule has 100 valence electrons. The molecule has 0 amide bonds. The normalized spacial score (nSPS) is 14.2. The average Bonchev–Trinajstić information content (AvgIpc) is 2.77. The number of pyridine rings is 1. The molecule has 0 saturated heterocycles. The van der Waals surface area contributed by atoms with Gasteiger partial charge in [0.25, 0.3) is 0 Å². The summed E-state index contributed by atoms with van der Waals surface area (Å²) in [7, 11) is 1.83. The van der Waals surface area contributed by atoms with Crippen LogP contribution in [0.25, 0.3) is 0 Å². The lowest BCUT2D eigenvalue weighted by Gasteiger charge is -2.09. The van der Waals surface area contributed by atoms with Gasteiger partial charge in [0.15, 0.2) is 0 Å². The van der Waals surface area contributed by atoms with Crippen molar-refractivity contribution < 1.29 is 0 Å². The Morgan fingerprint density at radius 1 is 1.37 bits per heavy atom. The summed E-state index contributed by atoms with van der Waals surface area (Å²) in [6.07, 6.45) is 4.86. The minimum atomic E-state index is -0.00704. The second-order valence-electron chi connectivity index (χ2n) is 4.77. The summed E-state index contributed by atoms with van der Waals surface area (Å²) in [6, 6.07) is 3.86. The van der Waals surface area contributed by atoms with Gasteiger partial charge >= 0.3 is 5.69 Å². The summed E-state index contributed by atoms with van der Waals surface area (Å²) < 4.78 is 3.33. The maximum absolute atomic E-state index is 12.2. The van der Waals surface area contributed by atoms with Crippen molar-refractivity contribution in [3.63, 3.8) is 0 Å². The molecule has 6 heteroatoms. The highest BCUT2D eigenvalue weighted by Gasteiger charge is 2.16. The highest BCUT2D eigenvalue weighted by Crippen LogP contribution is 2.10. The second kappa shape index (κ2) is 4.87. The minimum Gasteiger partial charge on any atom is -0.373 e. The molecule has 1 aliphatic rings. The van der Waals surface area contributed by atoms with Crippen LogP contribution in [-0.2, 0) is 19.5 Å². The Kier molecular flexibility index (Phi) is 3.06. The fourth-order valence-corrected chi connectivity index (χ4v) is 2.39. The molecule has 0 atom stereocenters. The van der Waals surface area contributed by atoms with Crippen LogP contribution >= 0.6 is 0 Å². The highest BCUT2D eigenvalue weighted by molar-refractivity contribution is 5.34. The Bertz CT molecular complexity index is 625. The quantitative estimate of drug-likeness (QED) is 0.888. The average molecular weight is 259 g/mol. The van der Waals surface area contributed by atoms with E-state index in [-0.39, 0.29) is 5.69 Å². The first-order valence-corrected chi connectivity index (χ1v) is 6.57. The molecule has 0 spiro atoms. The first-order valence-electron chi connectivity index (χ1n) is 6.57. The van der Waals surface area contributed by atoms with Crippen LogP contribution in [-0.4, -0.2) is 26.4 Å². The van der Waals surface area contributed by atoms with E-state index in [0.717, 1.165) is 43.0 Å². The first kappa shape index (κ1) is 12.0. The van der Waals surface area contributed by atoms with E-state index < -0.39 is 0 Å². The van der Waals surface area contributed by atoms with Crippen LogP contribution in [0.2, 0.25) is 0 Å². The van der Waals surface area contributed by atoms with E-state index >= 15 is 0 Å². The standard InChI is InChI=1S/C13H17N5O/c1-14-11-6-5-10(8-15-11)9-18-13(19)17-7-3-2-4-12(17)16-18/h5-6,8H,2-4,7,9H2,1H3,(H,14,15). The molecule has 0 unspecified atom stereocenters. The van der Waals surface area contributed by atoms with E-state index in [4.69, 9.17) is 0 Å². The minimum absolute atomic E-state index is 0.00704. The van der Waals surface area contributed by atoms with Crippen molar-refractivity contribution >= 4 is 5.82 Å². The van der Waals surface area contributed by atoms with E-state index in [1.54, 1.807) is 10.8 Å². The van der Waals surface area contributed by atoms with Gasteiger partial charge in [0.05, 0.1) is 6.54 Å². The first-order chi connectivity index (χ1) is 9.28. The van der Waals surface area contributed by atoms with Crippen molar-refractivity contribution in [3.8, 4) is 0 Å². The van der Waals surface area contributed by atoms with Gasteiger partial charge in [0, 0.05) is 26.2 Å². The zero-order valence-electron chi connectivity index (χ0n) is 11.0. The van der Waals surface area contributed by atoms with Crippen LogP contribution in [0.1, 0.15) is 24.2 Å². The molecule has 0 radical (unpaired) electrons. The van der Waals surface area contributed by atoms with Crippen LogP contribution in [0.5, 0.6) is 0 Å². The maximum atomic E-state index is 12.2. The molecule has 0 fully saturated rings. The van der Waals surface area contributed by atoms with E-state index in [1.165, 1.54) is 4.68 Å². The Hall–Kier alpha value is -2.11. The molecule has 0 bridgehead atoms. The summed E-state index contributed by atoms with van der Waals surface area (Å²) in [5, 5.41) is 7.38. The lowest BCUT2D eigenvalue weighted by Crippen LogP contribution is -2.27. The predicted molar refractivity (Wildman–Crippen MR) is 72.3 cm³/mol. The van der Waals surface area contributed by atoms with Crippen LogP contribution in [0, 0.1) is 0 Å². The smallest absolute Gasteiger partial charge is 0.346 e. The molecule has 1 aliphatic heterocycles. The summed E-state index contributed by atoms with van der Waals surface area (Å²) >= 11 is 0. The number of fused-ring (bicyclic) bond motifs is 1. The number of aromatic nitrogens is 4. The Morgan fingerprint density at radius 3 is 2.95 bits per heavy atom. The van der Waals surface area contributed by atoms with Crippen molar-refractivity contribution in [1.29, 1.82) is 0 Å². The molecule has 2 aromatic rings. The highest BCUT2D eigenvalue weighted by atomic mass is 16.2. The fourth-order valence-electron chi connectivity index (χ4n) is 2.39. The topological polar surface area (TPSA) is 64.7 Å². The number of nitrogens with one attached hydrogen (secondary N) is 1. The second-order valence-corrected chi connectivity index (χ2v) is 4.77. The van der Waals surface area contributed by atoms with Gasteiger partial charge in [-0.2, -0.15) is 5.10 Å². The van der Waals surface area contributed by atoms with E-state index in [2.05, 4.69) is 15.4 Å². The summed E-state index contributed by atoms with van der Waals surface area (Å²) in [5.41, 5.74) is 0.976. The molecule has 19 heavy (non-hydrogen) atoms. The van der Waals surface area contributed by atoms with Crippen LogP contribution in [0.4, 0.5) is 5.82 Å². The molecular weight excluding hydrogens is 242 g/mol. The molecule has 3 rings (SSSR count). The van der Waals surface area contributed by atoms with E-state index in [1.807, 2.05) is 19.2 Å². The lowest BCUT2D eigenvalue weighted by atomic mass is 10.2. The van der Waals surface area contributed by atoms with Gasteiger partial charge in [0.1, 0.15) is 11.6 Å². The number of rotatable bonds is 3. The Labute approximate surface area is 111 Å². The van der Waals surface area contributed by atoms with Gasteiger partial charge in [-0.05, 0) is 24.5 Å². The SMILES string of the molecule is CNc1ccc(Cn2nc3n(c2=O)CCCC3)cn1. The maximum Gasteiger partial charge on any atom is 0.346 e. The van der Waals surface area contributed by atoms with E-state index in [9.17, 15) is 4.79 Å². The summed E-state index contributed by atoms with van der Waals surface area (Å²) in [6.45, 7) is 1.28. The number of anilines is 1. The largest absolute Gasteiger partial charge is 0.373 e. The summed E-state index contributed by atoms with van der Waals surface area (Å²) in [5.74, 6) is 1.73. The Morgan fingerprint density at radius 2 is 2.26 bits per heavy atom. The molecule has 0 saturated carbocycles. The van der Waals surface area contributed by atoms with Crippen molar-refractivity contribution in [2.45, 2.75) is 32.4 Å². The van der Waals surface area contributed by atoms with Gasteiger partial charge < -0.3 is 5.32 Å². The number of aryl methyl sites for hydroxylation is 1. The van der Waals surface area contributed by atoms with Crippen LogP contribution in [0.15, 0.2) is 23.1 Å². The van der Waals surface area contributed by atoms with Gasteiger partial charge in [-0.1, -0.05) is 6.07 Å². The third-order valence-corrected chi connectivity index (χ3v) is 3.44. The van der Waals surface area contributed by atoms with Crippen molar-refractivity contribution in [2.75, 3.05) is 12.4 Å². The lowest BCUT2D eigenvalue weighted by molar-refractivity contribution is 0.511. The zero-order valence-corrected chi connectivity index (χ0v) is 11.0. The van der Waals surface area contributed by atoms with Crippen molar-refractivity contribution in [2.24, 2.45) is 0 Å². The molecule has 6 nitrogen and oxygen atoms in total.